The first-order valence-electron chi connectivity index (χ1n) is 4.95. The SMILES string of the molecule is CC(CCN)S(=O)Cc1ccc(F)cc1. The van der Waals surface area contributed by atoms with Gasteiger partial charge >= 0.3 is 0 Å². The maximum absolute atomic E-state index is 12.6. The average molecular weight is 229 g/mol. The third-order valence-electron chi connectivity index (χ3n) is 2.24. The third-order valence-corrected chi connectivity index (χ3v) is 4.00. The zero-order chi connectivity index (χ0) is 11.3. The molecule has 2 nitrogen and oxygen atoms in total. The van der Waals surface area contributed by atoms with Crippen molar-refractivity contribution in [2.75, 3.05) is 6.54 Å². The summed E-state index contributed by atoms with van der Waals surface area (Å²) in [5.74, 6) is 0.209. The van der Waals surface area contributed by atoms with Crippen molar-refractivity contribution in [3.63, 3.8) is 0 Å². The molecule has 2 atom stereocenters. The van der Waals surface area contributed by atoms with E-state index < -0.39 is 10.8 Å². The molecule has 1 rings (SSSR count). The second-order valence-electron chi connectivity index (χ2n) is 3.54. The predicted octanol–water partition coefficient (Wildman–Crippen LogP) is 1.81. The zero-order valence-corrected chi connectivity index (χ0v) is 9.60. The topological polar surface area (TPSA) is 43.1 Å². The van der Waals surface area contributed by atoms with Crippen molar-refractivity contribution in [2.24, 2.45) is 5.73 Å². The molecule has 0 aliphatic carbocycles. The number of nitrogens with two attached hydrogens (primary N) is 1. The summed E-state index contributed by atoms with van der Waals surface area (Å²) in [6.07, 6.45) is 0.758. The molecule has 84 valence electrons. The molecule has 0 aliphatic rings. The molecule has 0 amide bonds. The summed E-state index contributed by atoms with van der Waals surface area (Å²) in [5.41, 5.74) is 6.30. The Labute approximate surface area is 92.1 Å². The van der Waals surface area contributed by atoms with E-state index in [1.165, 1.54) is 12.1 Å². The summed E-state index contributed by atoms with van der Waals surface area (Å²) >= 11 is 0. The van der Waals surface area contributed by atoms with Crippen LogP contribution in [0.1, 0.15) is 18.9 Å². The van der Waals surface area contributed by atoms with Crippen LogP contribution in [0.15, 0.2) is 24.3 Å². The molecular formula is C11H16FNOS. The van der Waals surface area contributed by atoms with Crippen LogP contribution in [0.25, 0.3) is 0 Å². The Morgan fingerprint density at radius 2 is 2.00 bits per heavy atom. The highest BCUT2D eigenvalue weighted by molar-refractivity contribution is 7.84. The third kappa shape index (κ3) is 4.10. The largest absolute Gasteiger partial charge is 0.330 e. The molecule has 1 aromatic carbocycles. The molecule has 0 bridgehead atoms. The lowest BCUT2D eigenvalue weighted by Gasteiger charge is -2.09. The van der Waals surface area contributed by atoms with E-state index >= 15 is 0 Å². The van der Waals surface area contributed by atoms with Crippen LogP contribution in [0, 0.1) is 5.82 Å². The van der Waals surface area contributed by atoms with Crippen molar-refractivity contribution in [3.05, 3.63) is 35.6 Å². The van der Waals surface area contributed by atoms with E-state index in [2.05, 4.69) is 0 Å². The first-order valence-corrected chi connectivity index (χ1v) is 6.33. The van der Waals surface area contributed by atoms with Crippen LogP contribution < -0.4 is 5.73 Å². The lowest BCUT2D eigenvalue weighted by Crippen LogP contribution is -2.17. The maximum atomic E-state index is 12.6. The van der Waals surface area contributed by atoms with Gasteiger partial charge < -0.3 is 5.73 Å². The summed E-state index contributed by atoms with van der Waals surface area (Å²) < 4.78 is 24.4. The molecule has 2 N–H and O–H groups in total. The van der Waals surface area contributed by atoms with Crippen molar-refractivity contribution in [3.8, 4) is 0 Å². The van der Waals surface area contributed by atoms with Gasteiger partial charge in [0.15, 0.2) is 0 Å². The number of halogens is 1. The van der Waals surface area contributed by atoms with Crippen molar-refractivity contribution in [1.82, 2.24) is 0 Å². The highest BCUT2D eigenvalue weighted by atomic mass is 32.2. The van der Waals surface area contributed by atoms with Gasteiger partial charge in [0.05, 0.1) is 0 Å². The Bertz CT molecular complexity index is 326. The second-order valence-corrected chi connectivity index (χ2v) is 5.39. The summed E-state index contributed by atoms with van der Waals surface area (Å²) in [4.78, 5) is 0. The minimum Gasteiger partial charge on any atom is -0.330 e. The molecule has 0 heterocycles. The molecule has 0 radical (unpaired) electrons. The standard InChI is InChI=1S/C11H16FNOS/c1-9(6-7-13)15(14)8-10-2-4-11(12)5-3-10/h2-5,9H,6-8,13H2,1H3. The van der Waals surface area contributed by atoms with E-state index in [1.807, 2.05) is 6.92 Å². The average Bonchev–Trinajstić information content (AvgIpc) is 2.22. The summed E-state index contributed by atoms with van der Waals surface area (Å²) in [7, 11) is -0.925. The number of rotatable bonds is 5. The zero-order valence-electron chi connectivity index (χ0n) is 8.78. The fraction of sp³-hybridized carbons (Fsp3) is 0.455. The van der Waals surface area contributed by atoms with Gasteiger partial charge in [-0.05, 0) is 30.7 Å². The molecule has 0 saturated heterocycles. The van der Waals surface area contributed by atoms with Gasteiger partial charge in [-0.15, -0.1) is 0 Å². The van der Waals surface area contributed by atoms with Gasteiger partial charge in [0.2, 0.25) is 0 Å². The Kier molecular flexibility index (Phi) is 4.91. The fourth-order valence-corrected chi connectivity index (χ4v) is 2.46. The minimum absolute atomic E-state index is 0.0973. The van der Waals surface area contributed by atoms with E-state index in [0.717, 1.165) is 12.0 Å². The molecule has 0 spiro atoms. The van der Waals surface area contributed by atoms with Crippen LogP contribution >= 0.6 is 0 Å². The molecule has 0 aliphatic heterocycles. The number of benzene rings is 1. The van der Waals surface area contributed by atoms with E-state index in [9.17, 15) is 8.60 Å². The lowest BCUT2D eigenvalue weighted by molar-refractivity contribution is 0.627. The van der Waals surface area contributed by atoms with Crippen molar-refractivity contribution >= 4 is 10.8 Å². The van der Waals surface area contributed by atoms with Crippen LogP contribution in [-0.4, -0.2) is 16.0 Å². The van der Waals surface area contributed by atoms with Crippen molar-refractivity contribution in [1.29, 1.82) is 0 Å². The highest BCUT2D eigenvalue weighted by Gasteiger charge is 2.10. The van der Waals surface area contributed by atoms with Crippen molar-refractivity contribution in [2.45, 2.75) is 24.3 Å². The molecule has 4 heteroatoms. The quantitative estimate of drug-likeness (QED) is 0.836. The first kappa shape index (κ1) is 12.3. The van der Waals surface area contributed by atoms with Gasteiger partial charge in [-0.3, -0.25) is 4.21 Å². The maximum Gasteiger partial charge on any atom is 0.123 e. The van der Waals surface area contributed by atoms with Gasteiger partial charge in [0.1, 0.15) is 5.82 Å². The van der Waals surface area contributed by atoms with Gasteiger partial charge in [0, 0.05) is 21.8 Å². The Morgan fingerprint density at radius 3 is 2.53 bits per heavy atom. The Balaban J connectivity index is 2.54. The summed E-state index contributed by atoms with van der Waals surface area (Å²) in [5, 5.41) is 0.0973. The fourth-order valence-electron chi connectivity index (χ4n) is 1.25. The van der Waals surface area contributed by atoms with Crippen LogP contribution in [-0.2, 0) is 16.6 Å². The summed E-state index contributed by atoms with van der Waals surface area (Å²) in [6.45, 7) is 2.48. The molecule has 2 unspecified atom stereocenters. The predicted molar refractivity (Wildman–Crippen MR) is 61.4 cm³/mol. The molecular weight excluding hydrogens is 213 g/mol. The van der Waals surface area contributed by atoms with E-state index in [0.29, 0.717) is 12.3 Å². The molecule has 0 fully saturated rings. The minimum atomic E-state index is -0.925. The molecule has 15 heavy (non-hydrogen) atoms. The van der Waals surface area contributed by atoms with Gasteiger partial charge in [-0.2, -0.15) is 0 Å². The normalized spacial score (nSPS) is 14.9. The van der Waals surface area contributed by atoms with Crippen LogP contribution in [0.5, 0.6) is 0 Å². The number of hydrogen-bond acceptors (Lipinski definition) is 2. The van der Waals surface area contributed by atoms with Crippen molar-refractivity contribution < 1.29 is 8.60 Å². The lowest BCUT2D eigenvalue weighted by atomic mass is 10.2. The Hall–Kier alpha value is -0.740. The van der Waals surface area contributed by atoms with Crippen LogP contribution in [0.2, 0.25) is 0 Å². The van der Waals surface area contributed by atoms with Gasteiger partial charge in [-0.1, -0.05) is 19.1 Å². The molecule has 0 aromatic heterocycles. The van der Waals surface area contributed by atoms with Crippen LogP contribution in [0.4, 0.5) is 4.39 Å². The smallest absolute Gasteiger partial charge is 0.123 e. The summed E-state index contributed by atoms with van der Waals surface area (Å²) in [6, 6.07) is 6.12. The monoisotopic (exact) mass is 229 g/mol. The van der Waals surface area contributed by atoms with E-state index in [-0.39, 0.29) is 11.1 Å². The van der Waals surface area contributed by atoms with E-state index in [1.54, 1.807) is 12.1 Å². The van der Waals surface area contributed by atoms with Crippen LogP contribution in [0.3, 0.4) is 0 Å². The van der Waals surface area contributed by atoms with E-state index in [4.69, 9.17) is 5.73 Å². The first-order chi connectivity index (χ1) is 7.13. The molecule has 1 aromatic rings. The number of hydrogen-bond donors (Lipinski definition) is 1. The van der Waals surface area contributed by atoms with Gasteiger partial charge in [-0.25, -0.2) is 4.39 Å². The Morgan fingerprint density at radius 1 is 1.40 bits per heavy atom. The molecule has 0 saturated carbocycles. The van der Waals surface area contributed by atoms with Gasteiger partial charge in [0.25, 0.3) is 0 Å². The second kappa shape index (κ2) is 5.98. The highest BCUT2D eigenvalue weighted by Crippen LogP contribution is 2.10.